The Morgan fingerprint density at radius 1 is 1.06 bits per heavy atom. The van der Waals surface area contributed by atoms with E-state index in [9.17, 15) is 0 Å². The van der Waals surface area contributed by atoms with Crippen LogP contribution in [-0.4, -0.2) is 6.61 Å². The second-order valence-electron chi connectivity index (χ2n) is 3.91. The molecule has 0 aliphatic carbocycles. The van der Waals surface area contributed by atoms with Crippen molar-refractivity contribution >= 4 is 17.3 Å². The number of rotatable bonds is 5. The normalized spacial score (nSPS) is 10.1. The van der Waals surface area contributed by atoms with E-state index in [1.807, 2.05) is 43.3 Å². The zero-order chi connectivity index (χ0) is 12.8. The molecule has 18 heavy (non-hydrogen) atoms. The van der Waals surface area contributed by atoms with E-state index in [-0.39, 0.29) is 0 Å². The third-order valence-electron chi connectivity index (χ3n) is 2.59. The topological polar surface area (TPSA) is 21.3 Å². The standard InChI is InChI=1S/C15H16ClNO/c1-2-18-13-9-7-12(8-10-13)11-17-15-6-4-3-5-14(15)16/h3-10,17H,2,11H2,1H3. The maximum absolute atomic E-state index is 6.07. The van der Waals surface area contributed by atoms with Crippen LogP contribution in [0.2, 0.25) is 5.02 Å². The van der Waals surface area contributed by atoms with Crippen LogP contribution in [0.15, 0.2) is 48.5 Å². The molecule has 2 rings (SSSR count). The molecule has 2 nitrogen and oxygen atoms in total. The van der Waals surface area contributed by atoms with Gasteiger partial charge in [-0.15, -0.1) is 0 Å². The predicted molar refractivity (Wildman–Crippen MR) is 76.4 cm³/mol. The average molecular weight is 262 g/mol. The lowest BCUT2D eigenvalue weighted by Crippen LogP contribution is -2.00. The maximum Gasteiger partial charge on any atom is 0.119 e. The van der Waals surface area contributed by atoms with Crippen molar-refractivity contribution < 1.29 is 4.74 Å². The summed E-state index contributed by atoms with van der Waals surface area (Å²) in [7, 11) is 0. The second kappa shape index (κ2) is 6.31. The van der Waals surface area contributed by atoms with Gasteiger partial charge in [0.2, 0.25) is 0 Å². The molecule has 2 aromatic rings. The van der Waals surface area contributed by atoms with Gasteiger partial charge < -0.3 is 10.1 Å². The molecule has 0 aliphatic rings. The summed E-state index contributed by atoms with van der Waals surface area (Å²) in [6.45, 7) is 3.42. The van der Waals surface area contributed by atoms with Gasteiger partial charge >= 0.3 is 0 Å². The Kier molecular flexibility index (Phi) is 4.48. The molecule has 2 aromatic carbocycles. The maximum atomic E-state index is 6.07. The van der Waals surface area contributed by atoms with Crippen LogP contribution < -0.4 is 10.1 Å². The molecule has 0 aliphatic heterocycles. The first kappa shape index (κ1) is 12.8. The molecule has 0 amide bonds. The van der Waals surface area contributed by atoms with Crippen molar-refractivity contribution in [2.24, 2.45) is 0 Å². The molecule has 0 saturated carbocycles. The van der Waals surface area contributed by atoms with Gasteiger partial charge in [0.05, 0.1) is 17.3 Å². The molecule has 0 heterocycles. The minimum absolute atomic E-state index is 0.692. The molecule has 0 fully saturated rings. The largest absolute Gasteiger partial charge is 0.494 e. The Hall–Kier alpha value is -1.67. The fourth-order valence-corrected chi connectivity index (χ4v) is 1.87. The Morgan fingerprint density at radius 2 is 1.78 bits per heavy atom. The Balaban J connectivity index is 1.96. The number of para-hydroxylation sites is 1. The molecular weight excluding hydrogens is 246 g/mol. The van der Waals surface area contributed by atoms with Crippen LogP contribution in [0.1, 0.15) is 12.5 Å². The van der Waals surface area contributed by atoms with Gasteiger partial charge in [0.1, 0.15) is 5.75 Å². The average Bonchev–Trinajstić information content (AvgIpc) is 2.40. The molecule has 0 unspecified atom stereocenters. The molecule has 94 valence electrons. The van der Waals surface area contributed by atoms with Crippen molar-refractivity contribution in [2.45, 2.75) is 13.5 Å². The summed E-state index contributed by atoms with van der Waals surface area (Å²) >= 11 is 6.07. The molecule has 0 bridgehead atoms. The van der Waals surface area contributed by atoms with Crippen LogP contribution >= 0.6 is 11.6 Å². The minimum Gasteiger partial charge on any atom is -0.494 e. The van der Waals surface area contributed by atoms with Gasteiger partial charge in [-0.25, -0.2) is 0 Å². The lowest BCUT2D eigenvalue weighted by atomic mass is 10.2. The lowest BCUT2D eigenvalue weighted by molar-refractivity contribution is 0.340. The van der Waals surface area contributed by atoms with Gasteiger partial charge in [-0.1, -0.05) is 35.9 Å². The van der Waals surface area contributed by atoms with Crippen molar-refractivity contribution in [1.29, 1.82) is 0 Å². The van der Waals surface area contributed by atoms with E-state index in [1.54, 1.807) is 0 Å². The molecule has 0 spiro atoms. The summed E-state index contributed by atoms with van der Waals surface area (Å²) in [5.41, 5.74) is 2.14. The van der Waals surface area contributed by atoms with Gasteiger partial charge in [-0.05, 0) is 36.8 Å². The van der Waals surface area contributed by atoms with Crippen molar-refractivity contribution in [2.75, 3.05) is 11.9 Å². The fraction of sp³-hybridized carbons (Fsp3) is 0.200. The van der Waals surface area contributed by atoms with Crippen LogP contribution in [0.5, 0.6) is 5.75 Å². The predicted octanol–water partition coefficient (Wildman–Crippen LogP) is 4.35. The summed E-state index contributed by atoms with van der Waals surface area (Å²) in [5.74, 6) is 0.902. The lowest BCUT2D eigenvalue weighted by Gasteiger charge is -2.09. The number of halogens is 1. The highest BCUT2D eigenvalue weighted by atomic mass is 35.5. The molecule has 0 radical (unpaired) electrons. The molecule has 1 N–H and O–H groups in total. The van der Waals surface area contributed by atoms with Crippen LogP contribution in [0.3, 0.4) is 0 Å². The van der Waals surface area contributed by atoms with Gasteiger partial charge in [0, 0.05) is 6.54 Å². The van der Waals surface area contributed by atoms with Crippen LogP contribution in [0, 0.1) is 0 Å². The third-order valence-corrected chi connectivity index (χ3v) is 2.92. The number of benzene rings is 2. The number of hydrogen-bond acceptors (Lipinski definition) is 2. The highest BCUT2D eigenvalue weighted by molar-refractivity contribution is 6.33. The van der Waals surface area contributed by atoms with Crippen LogP contribution in [0.4, 0.5) is 5.69 Å². The summed E-state index contributed by atoms with van der Waals surface area (Å²) in [5, 5.41) is 4.05. The number of hydrogen-bond donors (Lipinski definition) is 1. The van der Waals surface area contributed by atoms with Gasteiger partial charge in [0.25, 0.3) is 0 Å². The number of ether oxygens (including phenoxy) is 1. The Bertz CT molecular complexity index is 496. The van der Waals surface area contributed by atoms with Crippen LogP contribution in [0.25, 0.3) is 0 Å². The van der Waals surface area contributed by atoms with E-state index in [0.717, 1.165) is 23.0 Å². The van der Waals surface area contributed by atoms with E-state index in [4.69, 9.17) is 16.3 Å². The minimum atomic E-state index is 0.692. The first-order valence-electron chi connectivity index (χ1n) is 5.99. The SMILES string of the molecule is CCOc1ccc(CNc2ccccc2Cl)cc1. The summed E-state index contributed by atoms with van der Waals surface area (Å²) < 4.78 is 5.40. The first-order valence-corrected chi connectivity index (χ1v) is 6.37. The number of anilines is 1. The van der Waals surface area contributed by atoms with Gasteiger partial charge in [-0.2, -0.15) is 0 Å². The second-order valence-corrected chi connectivity index (χ2v) is 4.32. The highest BCUT2D eigenvalue weighted by Gasteiger charge is 1.99. The summed E-state index contributed by atoms with van der Waals surface area (Å²) in [6.07, 6.45) is 0. The molecule has 0 atom stereocenters. The van der Waals surface area contributed by atoms with E-state index < -0.39 is 0 Å². The summed E-state index contributed by atoms with van der Waals surface area (Å²) in [6, 6.07) is 15.8. The van der Waals surface area contributed by atoms with Crippen molar-refractivity contribution in [3.63, 3.8) is 0 Å². The zero-order valence-electron chi connectivity index (χ0n) is 10.3. The van der Waals surface area contributed by atoms with E-state index in [0.29, 0.717) is 6.61 Å². The summed E-state index contributed by atoms with van der Waals surface area (Å²) in [4.78, 5) is 0. The first-order chi connectivity index (χ1) is 8.79. The highest BCUT2D eigenvalue weighted by Crippen LogP contribution is 2.21. The third kappa shape index (κ3) is 3.41. The molecule has 3 heteroatoms. The van der Waals surface area contributed by atoms with Gasteiger partial charge in [0.15, 0.2) is 0 Å². The van der Waals surface area contributed by atoms with Crippen LogP contribution in [-0.2, 0) is 6.54 Å². The Morgan fingerprint density at radius 3 is 2.44 bits per heavy atom. The smallest absolute Gasteiger partial charge is 0.119 e. The quantitative estimate of drug-likeness (QED) is 0.864. The Labute approximate surface area is 113 Å². The van der Waals surface area contributed by atoms with E-state index in [2.05, 4.69) is 17.4 Å². The molecule has 0 aromatic heterocycles. The number of nitrogens with one attached hydrogen (secondary N) is 1. The van der Waals surface area contributed by atoms with E-state index >= 15 is 0 Å². The van der Waals surface area contributed by atoms with Crippen molar-refractivity contribution in [1.82, 2.24) is 0 Å². The van der Waals surface area contributed by atoms with Crippen molar-refractivity contribution in [3.05, 3.63) is 59.1 Å². The van der Waals surface area contributed by atoms with E-state index in [1.165, 1.54) is 5.56 Å². The zero-order valence-corrected chi connectivity index (χ0v) is 11.1. The fourth-order valence-electron chi connectivity index (χ4n) is 1.67. The monoisotopic (exact) mass is 261 g/mol. The molecular formula is C15H16ClNO. The molecule has 0 saturated heterocycles. The van der Waals surface area contributed by atoms with Crippen molar-refractivity contribution in [3.8, 4) is 5.75 Å². The van der Waals surface area contributed by atoms with Gasteiger partial charge in [-0.3, -0.25) is 0 Å².